The van der Waals surface area contributed by atoms with E-state index in [9.17, 15) is 10.0 Å². The van der Waals surface area contributed by atoms with Gasteiger partial charge >= 0.3 is 51.4 Å². The number of phenolic OH excluding ortho intramolecular Hbond substituents is 1. The molecule has 0 aliphatic carbocycles. The summed E-state index contributed by atoms with van der Waals surface area (Å²) in [7, 11) is 0. The fourth-order valence-electron chi connectivity index (χ4n) is 0.721. The Morgan fingerprint density at radius 2 is 2.00 bits per heavy atom. The molecule has 58 valence electrons. The van der Waals surface area contributed by atoms with E-state index < -0.39 is 5.91 Å². The number of hydrogen-bond donors (Lipinski definition) is 2. The van der Waals surface area contributed by atoms with Crippen LogP contribution in [0.5, 0.6) is 5.75 Å². The first-order chi connectivity index (χ1) is 5.25. The normalized spacial score (nSPS) is 8.42. The van der Waals surface area contributed by atoms with E-state index in [1.807, 2.05) is 0 Å². The van der Waals surface area contributed by atoms with E-state index in [4.69, 9.17) is 5.11 Å². The van der Waals surface area contributed by atoms with Gasteiger partial charge in [0.05, 0.1) is 5.56 Å². The van der Waals surface area contributed by atoms with Gasteiger partial charge in [-0.15, -0.1) is 0 Å². The second-order valence-electron chi connectivity index (χ2n) is 1.95. The molecule has 0 aliphatic rings. The van der Waals surface area contributed by atoms with Crippen molar-refractivity contribution >= 4 is 5.91 Å². The first-order valence-electron chi connectivity index (χ1n) is 2.96. The number of nitrogens with one attached hydrogen (secondary N) is 1. The van der Waals surface area contributed by atoms with E-state index in [0.717, 1.165) is 0 Å². The Labute approximate surface area is 112 Å². The molecule has 2 N–H and O–H groups in total. The van der Waals surface area contributed by atoms with E-state index in [0.29, 0.717) is 0 Å². The Hall–Kier alpha value is 0.0864. The molecule has 0 aliphatic heterocycles. The summed E-state index contributed by atoms with van der Waals surface area (Å²) >= 11 is 0. The second-order valence-corrected chi connectivity index (χ2v) is 1.95. The minimum Gasteiger partial charge on any atom is -0.759 e. The number of benzene rings is 1. The summed E-state index contributed by atoms with van der Waals surface area (Å²) in [6.45, 7) is 0. The predicted molar refractivity (Wildman–Crippen MR) is 38.9 cm³/mol. The van der Waals surface area contributed by atoms with Crippen LogP contribution in [0.2, 0.25) is 0 Å². The first-order valence-corrected chi connectivity index (χ1v) is 2.96. The summed E-state index contributed by atoms with van der Waals surface area (Å²) in [6, 6.07) is 5.83. The molecule has 0 saturated heterocycles. The topological polar surface area (TPSA) is 72.4 Å². The summed E-state index contributed by atoms with van der Waals surface area (Å²) in [5.41, 5.74) is 1.16. The molecular formula is C7H6KNO3. The van der Waals surface area contributed by atoms with Crippen molar-refractivity contribution in [2.45, 2.75) is 0 Å². The van der Waals surface area contributed by atoms with Gasteiger partial charge in [0.1, 0.15) is 5.75 Å². The smallest absolute Gasteiger partial charge is 0.759 e. The molecule has 0 bridgehead atoms. The van der Waals surface area contributed by atoms with Crippen molar-refractivity contribution in [2.24, 2.45) is 0 Å². The maximum Gasteiger partial charge on any atom is 1.00 e. The molecule has 0 radical (unpaired) electrons. The molecule has 1 amide bonds. The van der Waals surface area contributed by atoms with E-state index in [-0.39, 0.29) is 62.7 Å². The number of amides is 1. The van der Waals surface area contributed by atoms with Gasteiger partial charge < -0.3 is 15.8 Å². The summed E-state index contributed by atoms with van der Waals surface area (Å²) in [5, 5.41) is 18.9. The predicted octanol–water partition coefficient (Wildman–Crippen LogP) is -2.38. The van der Waals surface area contributed by atoms with Crippen LogP contribution in [0.3, 0.4) is 0 Å². The van der Waals surface area contributed by atoms with Crippen LogP contribution >= 0.6 is 0 Å². The van der Waals surface area contributed by atoms with Crippen LogP contribution in [0.4, 0.5) is 0 Å². The summed E-state index contributed by atoms with van der Waals surface area (Å²) in [4.78, 5) is 10.7. The van der Waals surface area contributed by atoms with Crippen LogP contribution in [0.1, 0.15) is 10.4 Å². The zero-order valence-electron chi connectivity index (χ0n) is 6.57. The zero-order chi connectivity index (χ0) is 8.27. The molecule has 1 rings (SSSR count). The van der Waals surface area contributed by atoms with Crippen LogP contribution in [0.15, 0.2) is 24.3 Å². The number of carbonyl (C=O) groups excluding carboxylic acids is 1. The first kappa shape index (κ1) is 12.1. The summed E-state index contributed by atoms with van der Waals surface area (Å²) < 4.78 is 0. The fraction of sp³-hybridized carbons (Fsp3) is 0. The molecule has 4 nitrogen and oxygen atoms in total. The van der Waals surface area contributed by atoms with Crippen LogP contribution < -0.4 is 56.9 Å². The van der Waals surface area contributed by atoms with Crippen LogP contribution in [-0.2, 0) is 0 Å². The van der Waals surface area contributed by atoms with Gasteiger partial charge in [-0.3, -0.25) is 4.79 Å². The molecule has 0 saturated carbocycles. The van der Waals surface area contributed by atoms with E-state index >= 15 is 0 Å². The number of aromatic hydroxyl groups is 1. The summed E-state index contributed by atoms with van der Waals surface area (Å²) in [5.74, 6) is -1.02. The van der Waals surface area contributed by atoms with E-state index in [1.54, 1.807) is 12.1 Å². The molecule has 5 heteroatoms. The zero-order valence-corrected chi connectivity index (χ0v) is 9.70. The molecule has 0 unspecified atom stereocenters. The van der Waals surface area contributed by atoms with Gasteiger partial charge in [0.15, 0.2) is 0 Å². The average Bonchev–Trinajstić information content (AvgIpc) is 2.04. The third kappa shape index (κ3) is 2.85. The van der Waals surface area contributed by atoms with Crippen molar-refractivity contribution in [1.82, 2.24) is 5.48 Å². The van der Waals surface area contributed by atoms with E-state index in [2.05, 4.69) is 0 Å². The third-order valence-electron chi connectivity index (χ3n) is 1.24. The number of hydroxylamine groups is 1. The van der Waals surface area contributed by atoms with Gasteiger partial charge in [-0.05, 0) is 12.1 Å². The molecule has 0 spiro atoms. The van der Waals surface area contributed by atoms with Crippen molar-refractivity contribution in [1.29, 1.82) is 0 Å². The Kier molecular flexibility index (Phi) is 5.72. The largest absolute Gasteiger partial charge is 1.00 e. The minimum absolute atomic E-state index is 0. The second kappa shape index (κ2) is 5.68. The van der Waals surface area contributed by atoms with Gasteiger partial charge in [-0.1, -0.05) is 12.1 Å². The maximum atomic E-state index is 10.7. The quantitative estimate of drug-likeness (QED) is 0.385. The Bertz CT molecular complexity index is 277. The minimum atomic E-state index is -0.830. The van der Waals surface area contributed by atoms with Gasteiger partial charge in [0.25, 0.3) is 0 Å². The molecule has 1 aromatic rings. The van der Waals surface area contributed by atoms with E-state index in [1.165, 1.54) is 17.6 Å². The Morgan fingerprint density at radius 3 is 2.50 bits per heavy atom. The standard InChI is InChI=1S/C7H6NO3.K/c9-6-4-2-1-3-5(6)7(10)8-11;/h1-4H,(H2-,8,9,10,11);/q-1;+1. The fourth-order valence-corrected chi connectivity index (χ4v) is 0.721. The number of phenols is 1. The van der Waals surface area contributed by atoms with Crippen molar-refractivity contribution in [3.8, 4) is 5.75 Å². The monoisotopic (exact) mass is 191 g/mol. The van der Waals surface area contributed by atoms with Crippen LogP contribution in [0, 0.1) is 5.21 Å². The number of para-hydroxylation sites is 1. The SMILES string of the molecule is O=C(N[O-])c1ccccc1O.[K+]. The number of rotatable bonds is 1. The molecule has 1 aromatic carbocycles. The molecule has 0 fully saturated rings. The average molecular weight is 191 g/mol. The summed E-state index contributed by atoms with van der Waals surface area (Å²) in [6.07, 6.45) is 0. The van der Waals surface area contributed by atoms with Crippen molar-refractivity contribution in [3.63, 3.8) is 0 Å². The molecular weight excluding hydrogens is 185 g/mol. The van der Waals surface area contributed by atoms with Crippen molar-refractivity contribution in [3.05, 3.63) is 35.0 Å². The molecule has 0 heterocycles. The Balaban J connectivity index is 0.00000121. The molecule has 0 aromatic heterocycles. The third-order valence-corrected chi connectivity index (χ3v) is 1.24. The van der Waals surface area contributed by atoms with Gasteiger partial charge in [0.2, 0.25) is 5.91 Å². The van der Waals surface area contributed by atoms with Crippen LogP contribution in [0.25, 0.3) is 0 Å². The molecule has 0 atom stereocenters. The van der Waals surface area contributed by atoms with Crippen molar-refractivity contribution in [2.75, 3.05) is 0 Å². The van der Waals surface area contributed by atoms with Gasteiger partial charge in [0, 0.05) is 0 Å². The Morgan fingerprint density at radius 1 is 1.42 bits per heavy atom. The van der Waals surface area contributed by atoms with Gasteiger partial charge in [-0.2, -0.15) is 0 Å². The van der Waals surface area contributed by atoms with Crippen LogP contribution in [-0.4, -0.2) is 11.0 Å². The maximum absolute atomic E-state index is 10.7. The van der Waals surface area contributed by atoms with Gasteiger partial charge in [-0.25, -0.2) is 0 Å². The molecule has 12 heavy (non-hydrogen) atoms. The number of hydrogen-bond acceptors (Lipinski definition) is 3. The number of carbonyl (C=O) groups is 1. The van der Waals surface area contributed by atoms with Crippen molar-refractivity contribution < 1.29 is 61.3 Å².